The molecule has 206 valence electrons. The Morgan fingerprint density at radius 2 is 1.52 bits per heavy atom. The first-order valence-electron chi connectivity index (χ1n) is 13.7. The number of aromatic nitrogens is 1. The average Bonchev–Trinajstić information content (AvgIpc) is 3.00. The summed E-state index contributed by atoms with van der Waals surface area (Å²) in [6.07, 6.45) is 1.29. The van der Waals surface area contributed by atoms with Crippen LogP contribution in [0.4, 0.5) is 10.1 Å². The molecule has 5 rings (SSSR count). The van der Waals surface area contributed by atoms with Crippen LogP contribution in [0.25, 0.3) is 11.1 Å². The van der Waals surface area contributed by atoms with Gasteiger partial charge in [0.15, 0.2) is 0 Å². The fourth-order valence-corrected chi connectivity index (χ4v) is 4.84. The Bertz CT molecular complexity index is 1410. The van der Waals surface area contributed by atoms with Gasteiger partial charge in [-0.2, -0.15) is 4.98 Å². The largest absolute Gasteiger partial charge is 0.473 e. The first-order chi connectivity index (χ1) is 19.6. The molecule has 2 heterocycles. The molecule has 40 heavy (non-hydrogen) atoms. The molecule has 1 aliphatic heterocycles. The van der Waals surface area contributed by atoms with Gasteiger partial charge in [0.25, 0.3) is 0 Å². The number of carbonyl (C=O) groups is 1. The second-order valence-corrected chi connectivity index (χ2v) is 9.73. The van der Waals surface area contributed by atoms with Gasteiger partial charge < -0.3 is 19.1 Å². The van der Waals surface area contributed by atoms with Crippen LogP contribution in [-0.4, -0.2) is 30.6 Å². The highest BCUT2D eigenvalue weighted by Gasteiger charge is 2.27. The molecule has 1 aromatic heterocycles. The van der Waals surface area contributed by atoms with Crippen LogP contribution in [0.15, 0.2) is 91.0 Å². The molecular formula is C33H33FN2O4. The maximum Gasteiger partial charge on any atom is 0.309 e. The highest BCUT2D eigenvalue weighted by Crippen LogP contribution is 2.35. The first-order valence-corrected chi connectivity index (χ1v) is 13.7. The zero-order valence-corrected chi connectivity index (χ0v) is 22.6. The number of hydrogen-bond donors (Lipinski definition) is 0. The lowest BCUT2D eigenvalue weighted by Crippen LogP contribution is -2.37. The van der Waals surface area contributed by atoms with Crippen molar-refractivity contribution in [3.8, 4) is 22.9 Å². The summed E-state index contributed by atoms with van der Waals surface area (Å²) in [7, 11) is 0. The van der Waals surface area contributed by atoms with Crippen molar-refractivity contribution >= 4 is 11.7 Å². The Morgan fingerprint density at radius 3 is 2.15 bits per heavy atom. The molecule has 0 aliphatic carbocycles. The van der Waals surface area contributed by atoms with Gasteiger partial charge >= 0.3 is 5.97 Å². The molecule has 0 unspecified atom stereocenters. The van der Waals surface area contributed by atoms with Crippen LogP contribution in [0, 0.1) is 11.7 Å². The molecule has 1 fully saturated rings. The van der Waals surface area contributed by atoms with Crippen molar-refractivity contribution < 1.29 is 23.4 Å². The van der Waals surface area contributed by atoms with Gasteiger partial charge in [-0.05, 0) is 54.7 Å². The molecule has 1 aliphatic rings. The minimum absolute atomic E-state index is 0.128. The lowest BCUT2D eigenvalue weighted by molar-refractivity contribution is -0.148. The average molecular weight is 541 g/mol. The number of anilines is 1. The van der Waals surface area contributed by atoms with Gasteiger partial charge in [0.1, 0.15) is 19.0 Å². The summed E-state index contributed by atoms with van der Waals surface area (Å²) in [5.41, 5.74) is 3.89. The van der Waals surface area contributed by atoms with Crippen LogP contribution in [0.1, 0.15) is 30.9 Å². The van der Waals surface area contributed by atoms with Gasteiger partial charge in [0.05, 0.1) is 18.2 Å². The van der Waals surface area contributed by atoms with Crippen molar-refractivity contribution in [2.75, 3.05) is 24.6 Å². The normalized spacial score (nSPS) is 13.6. The van der Waals surface area contributed by atoms with Gasteiger partial charge in [0, 0.05) is 24.7 Å². The molecule has 0 N–H and O–H groups in total. The van der Waals surface area contributed by atoms with Crippen LogP contribution in [0.3, 0.4) is 0 Å². The molecule has 6 nitrogen and oxygen atoms in total. The summed E-state index contributed by atoms with van der Waals surface area (Å²) < 4.78 is 32.7. The van der Waals surface area contributed by atoms with E-state index in [9.17, 15) is 4.79 Å². The van der Waals surface area contributed by atoms with Crippen LogP contribution in [0.5, 0.6) is 11.8 Å². The standard InChI is InChI=1S/C33H33FN2O4/c1-2-38-33(37)26-17-19-36(20-18-26)30-15-13-27(21-29(30)34)28-14-16-31(39-22-24-9-5-3-6-10-24)35-32(28)40-23-25-11-7-4-8-12-25/h3-16,21,26H,2,17-20,22-23H2,1H3. The van der Waals surface area contributed by atoms with E-state index >= 15 is 4.39 Å². The second kappa shape index (κ2) is 13.1. The molecule has 0 saturated carbocycles. The molecule has 3 aromatic carbocycles. The van der Waals surface area contributed by atoms with E-state index < -0.39 is 0 Å². The van der Waals surface area contributed by atoms with Gasteiger partial charge in [0.2, 0.25) is 11.8 Å². The topological polar surface area (TPSA) is 60.9 Å². The molecule has 0 atom stereocenters. The molecule has 0 amide bonds. The molecule has 0 bridgehead atoms. The second-order valence-electron chi connectivity index (χ2n) is 9.73. The Hall–Kier alpha value is -4.39. The highest BCUT2D eigenvalue weighted by molar-refractivity contribution is 5.73. The SMILES string of the molecule is CCOC(=O)C1CCN(c2ccc(-c3ccc(OCc4ccccc4)nc3OCc3ccccc3)cc2F)CC1. The van der Waals surface area contributed by atoms with Crippen LogP contribution < -0.4 is 14.4 Å². The third kappa shape index (κ3) is 6.78. The molecule has 1 saturated heterocycles. The van der Waals surface area contributed by atoms with Gasteiger partial charge in [-0.1, -0.05) is 66.7 Å². The van der Waals surface area contributed by atoms with Crippen LogP contribution in [-0.2, 0) is 22.7 Å². The van der Waals surface area contributed by atoms with Gasteiger partial charge in [-0.3, -0.25) is 4.79 Å². The quantitative estimate of drug-likeness (QED) is 0.206. The van der Waals surface area contributed by atoms with Crippen molar-refractivity contribution in [3.05, 3.63) is 108 Å². The Kier molecular flexibility index (Phi) is 8.91. The zero-order valence-electron chi connectivity index (χ0n) is 22.6. The number of carbonyl (C=O) groups excluding carboxylic acids is 1. The van der Waals surface area contributed by atoms with E-state index in [1.807, 2.05) is 84.6 Å². The highest BCUT2D eigenvalue weighted by atomic mass is 19.1. The summed E-state index contributed by atoms with van der Waals surface area (Å²) >= 11 is 0. The van der Waals surface area contributed by atoms with E-state index in [0.717, 1.165) is 11.1 Å². The predicted octanol–water partition coefficient (Wildman–Crippen LogP) is 6.83. The van der Waals surface area contributed by atoms with Crippen LogP contribution in [0.2, 0.25) is 0 Å². The molecule has 4 aromatic rings. The van der Waals surface area contributed by atoms with Crippen molar-refractivity contribution in [2.24, 2.45) is 5.92 Å². The van der Waals surface area contributed by atoms with E-state index in [4.69, 9.17) is 14.2 Å². The summed E-state index contributed by atoms with van der Waals surface area (Å²) in [6, 6.07) is 28.5. The molecule has 0 spiro atoms. The maximum absolute atomic E-state index is 15.4. The molecule has 0 radical (unpaired) electrons. The Balaban J connectivity index is 1.34. The predicted molar refractivity (Wildman–Crippen MR) is 153 cm³/mol. The number of halogens is 1. The molecule has 7 heteroatoms. The Labute approximate surface area is 234 Å². The summed E-state index contributed by atoms with van der Waals surface area (Å²) in [5, 5.41) is 0. The summed E-state index contributed by atoms with van der Waals surface area (Å²) in [5.74, 6) is 0.181. The minimum Gasteiger partial charge on any atom is -0.473 e. The number of hydrogen-bond acceptors (Lipinski definition) is 6. The van der Waals surface area contributed by atoms with E-state index in [0.29, 0.717) is 74.3 Å². The lowest BCUT2D eigenvalue weighted by atomic mass is 9.96. The van der Waals surface area contributed by atoms with E-state index in [1.165, 1.54) is 6.07 Å². The van der Waals surface area contributed by atoms with Gasteiger partial charge in [-0.15, -0.1) is 0 Å². The number of benzene rings is 3. The van der Waals surface area contributed by atoms with Gasteiger partial charge in [-0.25, -0.2) is 4.39 Å². The smallest absolute Gasteiger partial charge is 0.309 e. The lowest BCUT2D eigenvalue weighted by Gasteiger charge is -2.32. The number of pyridine rings is 1. The number of piperidine rings is 1. The number of rotatable bonds is 10. The number of esters is 1. The number of nitrogens with zero attached hydrogens (tertiary/aromatic N) is 2. The fourth-order valence-electron chi connectivity index (χ4n) is 4.84. The fraction of sp³-hybridized carbons (Fsp3) is 0.273. The number of ether oxygens (including phenoxy) is 3. The zero-order chi connectivity index (χ0) is 27.7. The van der Waals surface area contributed by atoms with E-state index in [2.05, 4.69) is 4.98 Å². The first kappa shape index (κ1) is 27.2. The van der Waals surface area contributed by atoms with Crippen molar-refractivity contribution in [1.29, 1.82) is 0 Å². The van der Waals surface area contributed by atoms with E-state index in [-0.39, 0.29) is 17.7 Å². The van der Waals surface area contributed by atoms with Crippen molar-refractivity contribution in [3.63, 3.8) is 0 Å². The third-order valence-corrected chi connectivity index (χ3v) is 7.00. The molecular weight excluding hydrogens is 507 g/mol. The monoisotopic (exact) mass is 540 g/mol. The van der Waals surface area contributed by atoms with E-state index in [1.54, 1.807) is 12.1 Å². The van der Waals surface area contributed by atoms with Crippen molar-refractivity contribution in [2.45, 2.75) is 33.0 Å². The Morgan fingerprint density at radius 1 is 0.875 bits per heavy atom. The summed E-state index contributed by atoms with van der Waals surface area (Å²) in [4.78, 5) is 18.7. The van der Waals surface area contributed by atoms with Crippen LogP contribution >= 0.6 is 0 Å². The third-order valence-electron chi connectivity index (χ3n) is 7.00. The summed E-state index contributed by atoms with van der Waals surface area (Å²) in [6.45, 7) is 4.07. The minimum atomic E-state index is -0.328. The maximum atomic E-state index is 15.4. The van der Waals surface area contributed by atoms with Crippen molar-refractivity contribution in [1.82, 2.24) is 4.98 Å².